The third-order valence-corrected chi connectivity index (χ3v) is 5.69. The molecule has 5 heteroatoms. The summed E-state index contributed by atoms with van der Waals surface area (Å²) in [6.45, 7) is 6.15. The van der Waals surface area contributed by atoms with Crippen molar-refractivity contribution in [3.8, 4) is 17.1 Å². The Morgan fingerprint density at radius 1 is 1.19 bits per heavy atom. The van der Waals surface area contributed by atoms with Gasteiger partial charge in [-0.05, 0) is 42.7 Å². The van der Waals surface area contributed by atoms with Gasteiger partial charge in [0, 0.05) is 61.9 Å². The molecule has 0 bridgehead atoms. The number of ether oxygens (including phenoxy) is 1. The van der Waals surface area contributed by atoms with E-state index in [9.17, 15) is 0 Å². The van der Waals surface area contributed by atoms with Crippen molar-refractivity contribution in [2.45, 2.75) is 32.4 Å². The molecule has 1 saturated heterocycles. The number of aromatic nitrogens is 3. The van der Waals surface area contributed by atoms with E-state index in [2.05, 4.69) is 44.6 Å². The Morgan fingerprint density at radius 2 is 2.07 bits per heavy atom. The second-order valence-electron chi connectivity index (χ2n) is 7.55. The van der Waals surface area contributed by atoms with Crippen LogP contribution in [0, 0.1) is 6.92 Å². The highest BCUT2D eigenvalue weighted by atomic mass is 16.5. The molecule has 4 heterocycles. The number of imidazole rings is 1. The second-order valence-corrected chi connectivity index (χ2v) is 7.55. The summed E-state index contributed by atoms with van der Waals surface area (Å²) in [7, 11) is 0. The number of likely N-dealkylation sites (tertiary alicyclic amines) is 1. The molecule has 1 aromatic carbocycles. The Hall–Kier alpha value is -2.66. The van der Waals surface area contributed by atoms with Crippen LogP contribution in [0.1, 0.15) is 29.3 Å². The number of aryl methyl sites for hydroxylation is 1. The average Bonchev–Trinajstić information content (AvgIpc) is 3.42. The fourth-order valence-electron chi connectivity index (χ4n) is 4.38. The molecule has 0 spiro atoms. The molecule has 138 valence electrons. The van der Waals surface area contributed by atoms with Gasteiger partial charge in [-0.1, -0.05) is 12.1 Å². The van der Waals surface area contributed by atoms with Crippen LogP contribution in [-0.2, 0) is 13.0 Å². The first kappa shape index (κ1) is 16.5. The van der Waals surface area contributed by atoms with Gasteiger partial charge in [0.2, 0.25) is 0 Å². The first-order valence-electron chi connectivity index (χ1n) is 9.69. The normalized spacial score (nSPS) is 19.2. The highest BCUT2D eigenvalue weighted by Crippen LogP contribution is 2.31. The lowest BCUT2D eigenvalue weighted by Gasteiger charge is -2.20. The number of hydrogen-bond donors (Lipinski definition) is 0. The first-order chi connectivity index (χ1) is 13.3. The number of nitrogens with zero attached hydrogens (tertiary/aromatic N) is 4. The number of rotatable bonds is 4. The van der Waals surface area contributed by atoms with Gasteiger partial charge in [0.25, 0.3) is 0 Å². The third-order valence-electron chi connectivity index (χ3n) is 5.69. The van der Waals surface area contributed by atoms with E-state index < -0.39 is 0 Å². The van der Waals surface area contributed by atoms with Crippen molar-refractivity contribution >= 4 is 0 Å². The molecule has 5 nitrogen and oxygen atoms in total. The van der Waals surface area contributed by atoms with Gasteiger partial charge in [0.05, 0.1) is 6.61 Å². The summed E-state index contributed by atoms with van der Waals surface area (Å²) in [4.78, 5) is 11.4. The van der Waals surface area contributed by atoms with Crippen LogP contribution in [0.2, 0.25) is 0 Å². The van der Waals surface area contributed by atoms with Crippen LogP contribution in [0.25, 0.3) is 11.4 Å². The van der Waals surface area contributed by atoms with E-state index in [4.69, 9.17) is 4.74 Å². The van der Waals surface area contributed by atoms with Crippen LogP contribution in [-0.4, -0.2) is 39.1 Å². The van der Waals surface area contributed by atoms with Crippen molar-refractivity contribution in [1.82, 2.24) is 19.4 Å². The van der Waals surface area contributed by atoms with E-state index in [0.29, 0.717) is 6.04 Å². The van der Waals surface area contributed by atoms with Gasteiger partial charge in [-0.2, -0.15) is 0 Å². The molecule has 5 rings (SSSR count). The maximum atomic E-state index is 5.63. The minimum atomic E-state index is 0.466. The molecule has 2 aliphatic rings. The van der Waals surface area contributed by atoms with Crippen molar-refractivity contribution in [2.75, 3.05) is 19.7 Å². The molecule has 3 aromatic rings. The summed E-state index contributed by atoms with van der Waals surface area (Å²) in [5, 5.41) is 0. The van der Waals surface area contributed by atoms with Crippen LogP contribution >= 0.6 is 0 Å². The molecular formula is C22H24N4O. The molecule has 0 N–H and O–H groups in total. The summed E-state index contributed by atoms with van der Waals surface area (Å²) in [5.41, 5.74) is 5.10. The molecule has 0 aliphatic carbocycles. The topological polar surface area (TPSA) is 43.2 Å². The van der Waals surface area contributed by atoms with Crippen LogP contribution in [0.3, 0.4) is 0 Å². The molecule has 0 saturated carbocycles. The fourth-order valence-corrected chi connectivity index (χ4v) is 4.38. The van der Waals surface area contributed by atoms with E-state index in [1.807, 2.05) is 30.7 Å². The van der Waals surface area contributed by atoms with Crippen molar-refractivity contribution in [1.29, 1.82) is 0 Å². The van der Waals surface area contributed by atoms with Gasteiger partial charge in [0.1, 0.15) is 11.6 Å². The lowest BCUT2D eigenvalue weighted by Crippen LogP contribution is -2.22. The highest BCUT2D eigenvalue weighted by Gasteiger charge is 2.27. The highest BCUT2D eigenvalue weighted by molar-refractivity contribution is 5.55. The SMILES string of the molecule is Cc1cnc(-c2ccncc2)n1C1CCN(Cc2ccc3c(c2)CCO3)C1. The predicted molar refractivity (Wildman–Crippen MR) is 105 cm³/mol. The van der Waals surface area contributed by atoms with E-state index in [0.717, 1.165) is 56.2 Å². The minimum Gasteiger partial charge on any atom is -0.493 e. The predicted octanol–water partition coefficient (Wildman–Crippen LogP) is 3.64. The van der Waals surface area contributed by atoms with Crippen LogP contribution in [0.4, 0.5) is 0 Å². The van der Waals surface area contributed by atoms with E-state index >= 15 is 0 Å². The van der Waals surface area contributed by atoms with Crippen molar-refractivity contribution in [3.63, 3.8) is 0 Å². The molecule has 2 aromatic heterocycles. The zero-order chi connectivity index (χ0) is 18.2. The van der Waals surface area contributed by atoms with Crippen LogP contribution < -0.4 is 4.74 Å². The number of benzene rings is 1. The summed E-state index contributed by atoms with van der Waals surface area (Å²) in [6, 6.07) is 11.2. The largest absolute Gasteiger partial charge is 0.493 e. The molecule has 1 atom stereocenters. The second kappa shape index (κ2) is 6.82. The van der Waals surface area contributed by atoms with Gasteiger partial charge in [0.15, 0.2) is 0 Å². The lowest BCUT2D eigenvalue weighted by atomic mass is 10.1. The smallest absolute Gasteiger partial charge is 0.140 e. The van der Waals surface area contributed by atoms with Gasteiger partial charge in [-0.15, -0.1) is 0 Å². The van der Waals surface area contributed by atoms with Crippen molar-refractivity contribution in [2.24, 2.45) is 0 Å². The monoisotopic (exact) mass is 360 g/mol. The minimum absolute atomic E-state index is 0.466. The summed E-state index contributed by atoms with van der Waals surface area (Å²) >= 11 is 0. The fraction of sp³-hybridized carbons (Fsp3) is 0.364. The molecule has 1 fully saturated rings. The van der Waals surface area contributed by atoms with Gasteiger partial charge in [-0.25, -0.2) is 4.98 Å². The maximum absolute atomic E-state index is 5.63. The maximum Gasteiger partial charge on any atom is 0.140 e. The van der Waals surface area contributed by atoms with E-state index in [-0.39, 0.29) is 0 Å². The number of hydrogen-bond acceptors (Lipinski definition) is 4. The Kier molecular flexibility index (Phi) is 4.17. The van der Waals surface area contributed by atoms with Gasteiger partial charge in [-0.3, -0.25) is 9.88 Å². The molecule has 2 aliphatic heterocycles. The average molecular weight is 360 g/mol. The summed E-state index contributed by atoms with van der Waals surface area (Å²) < 4.78 is 8.04. The number of fused-ring (bicyclic) bond motifs is 1. The molecule has 0 radical (unpaired) electrons. The first-order valence-corrected chi connectivity index (χ1v) is 9.69. The van der Waals surface area contributed by atoms with Gasteiger partial charge < -0.3 is 9.30 Å². The Labute approximate surface area is 159 Å². The summed E-state index contributed by atoms with van der Waals surface area (Å²) in [5.74, 6) is 2.12. The zero-order valence-corrected chi connectivity index (χ0v) is 15.6. The quantitative estimate of drug-likeness (QED) is 0.712. The van der Waals surface area contributed by atoms with Crippen LogP contribution in [0.15, 0.2) is 48.9 Å². The Bertz CT molecular complexity index is 950. The Morgan fingerprint density at radius 3 is 2.96 bits per heavy atom. The third kappa shape index (κ3) is 3.12. The summed E-state index contributed by atoms with van der Waals surface area (Å²) in [6.07, 6.45) is 7.85. The van der Waals surface area contributed by atoms with Gasteiger partial charge >= 0.3 is 0 Å². The lowest BCUT2D eigenvalue weighted by molar-refractivity contribution is 0.316. The standard InChI is InChI=1S/C22H24N4O/c1-16-13-24-22(18-4-8-23-9-5-18)26(16)20-6-10-25(15-20)14-17-2-3-21-19(12-17)7-11-27-21/h2-5,8-9,12-13,20H,6-7,10-11,14-15H2,1H3. The zero-order valence-electron chi connectivity index (χ0n) is 15.6. The van der Waals surface area contributed by atoms with E-state index in [1.54, 1.807) is 0 Å². The molecule has 0 amide bonds. The van der Waals surface area contributed by atoms with E-state index in [1.165, 1.54) is 16.8 Å². The number of pyridine rings is 1. The Balaban J connectivity index is 1.34. The van der Waals surface area contributed by atoms with Crippen molar-refractivity contribution < 1.29 is 4.74 Å². The molecular weight excluding hydrogens is 336 g/mol. The van der Waals surface area contributed by atoms with Crippen molar-refractivity contribution in [3.05, 3.63) is 65.7 Å². The van der Waals surface area contributed by atoms with Crippen LogP contribution in [0.5, 0.6) is 5.75 Å². The molecule has 1 unspecified atom stereocenters. The molecule has 27 heavy (non-hydrogen) atoms.